The molecule has 0 atom stereocenters. The smallest absolute Gasteiger partial charge is 0.214 e. The fraction of sp³-hybridized carbons (Fsp3) is 0.583. The lowest BCUT2D eigenvalue weighted by atomic mass is 9.78. The Labute approximate surface area is 99.7 Å². The molecular formula is C12H16N2OS. The molecule has 2 aliphatic heterocycles. The monoisotopic (exact) mass is 236 g/mol. The van der Waals surface area contributed by atoms with Crippen LogP contribution in [-0.4, -0.2) is 38.0 Å². The van der Waals surface area contributed by atoms with Crippen molar-refractivity contribution in [3.05, 3.63) is 16.3 Å². The molecule has 1 aromatic heterocycles. The van der Waals surface area contributed by atoms with E-state index in [2.05, 4.69) is 23.4 Å². The molecule has 2 aliphatic rings. The molecule has 3 rings (SSSR count). The standard InChI is InChI=1S/C12H16N2OS/c1-13-5-3-12(4-6-13)8-14(9-15)10-2-7-16-11(10)12/h2,7,9H,3-6,8H2,1H3. The van der Waals surface area contributed by atoms with Gasteiger partial charge < -0.3 is 9.80 Å². The molecule has 1 spiro atoms. The number of hydrogen-bond donors (Lipinski definition) is 0. The van der Waals surface area contributed by atoms with Crippen molar-refractivity contribution in [3.63, 3.8) is 0 Å². The van der Waals surface area contributed by atoms with Gasteiger partial charge in [0.25, 0.3) is 0 Å². The van der Waals surface area contributed by atoms with Gasteiger partial charge >= 0.3 is 0 Å². The van der Waals surface area contributed by atoms with Crippen molar-refractivity contribution >= 4 is 23.4 Å². The maximum absolute atomic E-state index is 11.1. The minimum absolute atomic E-state index is 0.261. The number of thiophene rings is 1. The molecule has 0 radical (unpaired) electrons. The van der Waals surface area contributed by atoms with Crippen LogP contribution in [0.3, 0.4) is 0 Å². The van der Waals surface area contributed by atoms with E-state index in [0.29, 0.717) is 0 Å². The summed E-state index contributed by atoms with van der Waals surface area (Å²) in [6, 6.07) is 2.08. The molecular weight excluding hydrogens is 220 g/mol. The van der Waals surface area contributed by atoms with Gasteiger partial charge in [-0.15, -0.1) is 11.3 Å². The van der Waals surface area contributed by atoms with Crippen LogP contribution < -0.4 is 4.90 Å². The van der Waals surface area contributed by atoms with Gasteiger partial charge in [0.05, 0.1) is 5.69 Å². The van der Waals surface area contributed by atoms with Gasteiger partial charge in [0.15, 0.2) is 0 Å². The number of rotatable bonds is 1. The summed E-state index contributed by atoms with van der Waals surface area (Å²) in [5.74, 6) is 0. The van der Waals surface area contributed by atoms with Gasteiger partial charge in [0, 0.05) is 16.8 Å². The minimum Gasteiger partial charge on any atom is -0.313 e. The van der Waals surface area contributed by atoms with Crippen LogP contribution in [0.2, 0.25) is 0 Å². The summed E-state index contributed by atoms with van der Waals surface area (Å²) in [4.78, 5) is 16.8. The van der Waals surface area contributed by atoms with Crippen molar-refractivity contribution in [1.82, 2.24) is 4.90 Å². The highest BCUT2D eigenvalue weighted by Crippen LogP contribution is 2.49. The van der Waals surface area contributed by atoms with Crippen LogP contribution in [0.25, 0.3) is 0 Å². The third-order valence-corrected chi connectivity index (χ3v) is 5.13. The summed E-state index contributed by atoms with van der Waals surface area (Å²) in [7, 11) is 2.18. The largest absolute Gasteiger partial charge is 0.313 e. The summed E-state index contributed by atoms with van der Waals surface area (Å²) < 4.78 is 0. The van der Waals surface area contributed by atoms with Gasteiger partial charge in [-0.1, -0.05) is 0 Å². The number of piperidine rings is 1. The van der Waals surface area contributed by atoms with Crippen molar-refractivity contribution in [2.24, 2.45) is 0 Å². The number of carbonyl (C=O) groups excluding carboxylic acids is 1. The van der Waals surface area contributed by atoms with Crippen LogP contribution in [0, 0.1) is 0 Å². The fourth-order valence-corrected chi connectivity index (χ4v) is 4.09. The second kappa shape index (κ2) is 3.57. The summed E-state index contributed by atoms with van der Waals surface area (Å²) >= 11 is 1.82. The van der Waals surface area contributed by atoms with Crippen molar-refractivity contribution < 1.29 is 4.79 Å². The van der Waals surface area contributed by atoms with E-state index in [0.717, 1.165) is 31.7 Å². The summed E-state index contributed by atoms with van der Waals surface area (Å²) in [5.41, 5.74) is 1.42. The van der Waals surface area contributed by atoms with E-state index in [-0.39, 0.29) is 5.41 Å². The predicted octanol–water partition coefficient (Wildman–Crippen LogP) is 1.69. The van der Waals surface area contributed by atoms with E-state index in [1.54, 1.807) is 0 Å². The Morgan fingerprint density at radius 1 is 1.44 bits per heavy atom. The Morgan fingerprint density at radius 3 is 2.88 bits per heavy atom. The molecule has 0 bridgehead atoms. The quantitative estimate of drug-likeness (QED) is 0.693. The van der Waals surface area contributed by atoms with E-state index >= 15 is 0 Å². The predicted molar refractivity (Wildman–Crippen MR) is 66.1 cm³/mol. The Morgan fingerprint density at radius 2 is 2.19 bits per heavy atom. The number of nitrogens with zero attached hydrogens (tertiary/aromatic N) is 2. The SMILES string of the molecule is CN1CCC2(CC1)CN(C=O)c1ccsc12. The van der Waals surface area contributed by atoms with Crippen molar-refractivity contribution in [3.8, 4) is 0 Å². The maximum atomic E-state index is 11.1. The molecule has 3 nitrogen and oxygen atoms in total. The van der Waals surface area contributed by atoms with Crippen LogP contribution in [0.5, 0.6) is 0 Å². The average molecular weight is 236 g/mol. The molecule has 4 heteroatoms. The first-order chi connectivity index (χ1) is 7.75. The summed E-state index contributed by atoms with van der Waals surface area (Å²) in [5, 5.41) is 2.11. The van der Waals surface area contributed by atoms with E-state index in [1.807, 2.05) is 16.2 Å². The molecule has 16 heavy (non-hydrogen) atoms. The molecule has 0 aliphatic carbocycles. The molecule has 1 aromatic rings. The number of amides is 1. The average Bonchev–Trinajstić information content (AvgIpc) is 2.86. The second-order valence-corrected chi connectivity index (χ2v) is 5.87. The molecule has 1 fully saturated rings. The highest BCUT2D eigenvalue weighted by molar-refractivity contribution is 7.10. The first-order valence-electron chi connectivity index (χ1n) is 5.74. The van der Waals surface area contributed by atoms with Gasteiger partial charge in [0.2, 0.25) is 6.41 Å². The van der Waals surface area contributed by atoms with Gasteiger partial charge in [-0.25, -0.2) is 0 Å². The van der Waals surface area contributed by atoms with E-state index in [1.165, 1.54) is 17.7 Å². The lowest BCUT2D eigenvalue weighted by Gasteiger charge is -2.37. The minimum atomic E-state index is 0.261. The molecule has 0 aromatic carbocycles. The Kier molecular flexibility index (Phi) is 2.30. The van der Waals surface area contributed by atoms with E-state index in [9.17, 15) is 4.79 Å². The number of carbonyl (C=O) groups is 1. The number of anilines is 1. The van der Waals surface area contributed by atoms with Gasteiger partial charge in [0.1, 0.15) is 0 Å². The van der Waals surface area contributed by atoms with Crippen molar-refractivity contribution in [2.75, 3.05) is 31.6 Å². The van der Waals surface area contributed by atoms with Crippen LogP contribution in [0.4, 0.5) is 5.69 Å². The second-order valence-electron chi connectivity index (χ2n) is 4.95. The van der Waals surface area contributed by atoms with Crippen molar-refractivity contribution in [1.29, 1.82) is 0 Å². The maximum Gasteiger partial charge on any atom is 0.214 e. The molecule has 3 heterocycles. The highest BCUT2D eigenvalue weighted by atomic mass is 32.1. The lowest BCUT2D eigenvalue weighted by Crippen LogP contribution is -2.43. The van der Waals surface area contributed by atoms with Crippen LogP contribution in [-0.2, 0) is 10.2 Å². The Balaban J connectivity index is 1.96. The third kappa shape index (κ3) is 1.33. The third-order valence-electron chi connectivity index (χ3n) is 3.98. The molecule has 0 saturated carbocycles. The highest BCUT2D eigenvalue weighted by Gasteiger charge is 2.45. The molecule has 1 saturated heterocycles. The van der Waals surface area contributed by atoms with E-state index in [4.69, 9.17) is 0 Å². The zero-order valence-electron chi connectivity index (χ0n) is 9.48. The molecule has 0 N–H and O–H groups in total. The first-order valence-corrected chi connectivity index (χ1v) is 6.62. The number of fused-ring (bicyclic) bond motifs is 2. The van der Waals surface area contributed by atoms with Gasteiger partial charge in [-0.05, 0) is 44.4 Å². The lowest BCUT2D eigenvalue weighted by molar-refractivity contribution is -0.107. The number of likely N-dealkylation sites (tertiary alicyclic amines) is 1. The van der Waals surface area contributed by atoms with Crippen LogP contribution >= 0.6 is 11.3 Å². The van der Waals surface area contributed by atoms with Crippen molar-refractivity contribution in [2.45, 2.75) is 18.3 Å². The van der Waals surface area contributed by atoms with Gasteiger partial charge in [-0.2, -0.15) is 0 Å². The normalized spacial score (nSPS) is 23.7. The van der Waals surface area contributed by atoms with Crippen LogP contribution in [0.15, 0.2) is 11.4 Å². The number of hydrogen-bond acceptors (Lipinski definition) is 3. The van der Waals surface area contributed by atoms with E-state index < -0.39 is 0 Å². The molecule has 86 valence electrons. The molecule has 0 unspecified atom stereocenters. The van der Waals surface area contributed by atoms with Crippen LogP contribution in [0.1, 0.15) is 17.7 Å². The summed E-state index contributed by atoms with van der Waals surface area (Å²) in [6.07, 6.45) is 3.35. The fourth-order valence-electron chi connectivity index (χ4n) is 2.93. The zero-order chi connectivity index (χ0) is 11.2. The van der Waals surface area contributed by atoms with Gasteiger partial charge in [-0.3, -0.25) is 4.79 Å². The Bertz CT molecular complexity index is 407. The first kappa shape index (κ1) is 10.3. The molecule has 1 amide bonds. The Hall–Kier alpha value is -0.870. The topological polar surface area (TPSA) is 23.6 Å². The zero-order valence-corrected chi connectivity index (χ0v) is 10.3. The summed E-state index contributed by atoms with van der Waals surface area (Å²) in [6.45, 7) is 3.18.